The van der Waals surface area contributed by atoms with Crippen LogP contribution in [0.3, 0.4) is 0 Å². The fourth-order valence-corrected chi connectivity index (χ4v) is 4.34. The van der Waals surface area contributed by atoms with Crippen molar-refractivity contribution in [3.8, 4) is 0 Å². The number of halogens is 1. The van der Waals surface area contributed by atoms with Crippen molar-refractivity contribution in [2.24, 2.45) is 0 Å². The first-order chi connectivity index (χ1) is 8.05. The molecule has 0 bridgehead atoms. The quantitative estimate of drug-likeness (QED) is 0.865. The van der Waals surface area contributed by atoms with E-state index in [1.54, 1.807) is 0 Å². The molecule has 1 fully saturated rings. The summed E-state index contributed by atoms with van der Waals surface area (Å²) in [6.07, 6.45) is 1.85. The van der Waals surface area contributed by atoms with E-state index < -0.39 is 9.71 Å². The standard InChI is InChI=1S/C12H16BrNO2S/c1-17(16,12-6-4-10(13)5-7-12)14-8-2-3-11(14)9-15/h4-7,11,15H,1-3,8-9H2/t11-,17?/m1/s1. The molecule has 0 amide bonds. The lowest BCUT2D eigenvalue weighted by Gasteiger charge is -2.26. The van der Waals surface area contributed by atoms with Gasteiger partial charge in [0.05, 0.1) is 16.3 Å². The van der Waals surface area contributed by atoms with Crippen molar-refractivity contribution in [2.45, 2.75) is 23.8 Å². The van der Waals surface area contributed by atoms with Crippen LogP contribution in [0.2, 0.25) is 0 Å². The highest BCUT2D eigenvalue weighted by molar-refractivity contribution is 9.10. The number of nitrogens with zero attached hydrogens (tertiary/aromatic N) is 1. The molecule has 1 aliphatic heterocycles. The lowest BCUT2D eigenvalue weighted by molar-refractivity contribution is 0.217. The van der Waals surface area contributed by atoms with E-state index in [1.807, 2.05) is 28.6 Å². The summed E-state index contributed by atoms with van der Waals surface area (Å²) >= 11 is 3.35. The first kappa shape index (κ1) is 13.1. The van der Waals surface area contributed by atoms with E-state index in [-0.39, 0.29) is 12.6 Å². The molecular formula is C12H16BrNO2S. The largest absolute Gasteiger partial charge is 0.395 e. The SMILES string of the molecule is C=S(=O)(c1ccc(Br)cc1)N1CCC[C@@H]1CO. The molecular weight excluding hydrogens is 302 g/mol. The monoisotopic (exact) mass is 317 g/mol. The average molecular weight is 318 g/mol. The molecule has 1 aliphatic rings. The van der Waals surface area contributed by atoms with Crippen LogP contribution >= 0.6 is 15.9 Å². The molecule has 3 nitrogen and oxygen atoms in total. The number of benzene rings is 1. The molecule has 1 unspecified atom stereocenters. The Kier molecular flexibility index (Phi) is 3.92. The lowest BCUT2D eigenvalue weighted by atomic mass is 10.2. The number of hydrogen-bond acceptors (Lipinski definition) is 2. The van der Waals surface area contributed by atoms with Crippen LogP contribution in [-0.2, 0) is 9.71 Å². The third-order valence-corrected chi connectivity index (χ3v) is 5.87. The van der Waals surface area contributed by atoms with Gasteiger partial charge in [0, 0.05) is 22.0 Å². The summed E-state index contributed by atoms with van der Waals surface area (Å²) in [4.78, 5) is 0.723. The van der Waals surface area contributed by atoms with Crippen LogP contribution in [-0.4, -0.2) is 38.7 Å². The van der Waals surface area contributed by atoms with Gasteiger partial charge in [0.2, 0.25) is 0 Å². The minimum Gasteiger partial charge on any atom is -0.395 e. The van der Waals surface area contributed by atoms with E-state index in [4.69, 9.17) is 0 Å². The van der Waals surface area contributed by atoms with Gasteiger partial charge in [-0.2, -0.15) is 0 Å². The Morgan fingerprint density at radius 2 is 2.12 bits per heavy atom. The summed E-state index contributed by atoms with van der Waals surface area (Å²) in [6, 6.07) is 7.36. The first-order valence-corrected chi connectivity index (χ1v) is 8.04. The van der Waals surface area contributed by atoms with Gasteiger partial charge in [-0.05, 0) is 43.0 Å². The van der Waals surface area contributed by atoms with Gasteiger partial charge in [0.15, 0.2) is 0 Å². The van der Waals surface area contributed by atoms with E-state index in [9.17, 15) is 9.32 Å². The zero-order valence-corrected chi connectivity index (χ0v) is 11.9. The van der Waals surface area contributed by atoms with E-state index >= 15 is 0 Å². The van der Waals surface area contributed by atoms with Crippen molar-refractivity contribution >= 4 is 31.5 Å². The van der Waals surface area contributed by atoms with Crippen LogP contribution < -0.4 is 0 Å². The van der Waals surface area contributed by atoms with Crippen molar-refractivity contribution in [1.29, 1.82) is 0 Å². The Balaban J connectivity index is 2.33. The molecule has 1 N–H and O–H groups in total. The summed E-state index contributed by atoms with van der Waals surface area (Å²) in [5, 5.41) is 9.29. The van der Waals surface area contributed by atoms with Crippen LogP contribution in [0.4, 0.5) is 0 Å². The third-order valence-electron chi connectivity index (χ3n) is 3.09. The number of aliphatic hydroxyl groups excluding tert-OH is 1. The molecule has 5 heteroatoms. The molecule has 0 aromatic heterocycles. The Bertz CT molecular complexity index is 484. The maximum absolute atomic E-state index is 12.8. The van der Waals surface area contributed by atoms with Crippen molar-refractivity contribution in [3.05, 3.63) is 28.7 Å². The molecule has 1 aromatic rings. The Hall–Kier alpha value is -0.360. The molecule has 1 saturated heterocycles. The fourth-order valence-electron chi connectivity index (χ4n) is 2.16. The van der Waals surface area contributed by atoms with Crippen molar-refractivity contribution < 1.29 is 9.32 Å². The topological polar surface area (TPSA) is 40.5 Å². The molecule has 0 radical (unpaired) electrons. The fraction of sp³-hybridized carbons (Fsp3) is 0.417. The molecule has 0 spiro atoms. The molecule has 2 rings (SSSR count). The normalized spacial score (nSPS) is 24.7. The zero-order chi connectivity index (χ0) is 12.5. The Labute approximate surface area is 111 Å². The smallest absolute Gasteiger partial charge is 0.0596 e. The minimum absolute atomic E-state index is 0.0244. The third kappa shape index (κ3) is 2.57. The van der Waals surface area contributed by atoms with Crippen LogP contribution in [0, 0.1) is 0 Å². The summed E-state index contributed by atoms with van der Waals surface area (Å²) in [6.45, 7) is 0.784. The van der Waals surface area contributed by atoms with Gasteiger partial charge < -0.3 is 5.11 Å². The van der Waals surface area contributed by atoms with Crippen molar-refractivity contribution in [1.82, 2.24) is 4.31 Å². The van der Waals surface area contributed by atoms with Gasteiger partial charge >= 0.3 is 0 Å². The highest BCUT2D eigenvalue weighted by Crippen LogP contribution is 2.26. The second-order valence-corrected chi connectivity index (χ2v) is 7.35. The minimum atomic E-state index is -2.46. The second kappa shape index (κ2) is 5.10. The van der Waals surface area contributed by atoms with E-state index in [0.717, 1.165) is 28.8 Å². The second-order valence-electron chi connectivity index (χ2n) is 4.21. The molecule has 94 valence electrons. The average Bonchev–Trinajstić information content (AvgIpc) is 2.78. The van der Waals surface area contributed by atoms with Gasteiger partial charge in [-0.3, -0.25) is 0 Å². The molecule has 0 saturated carbocycles. The van der Waals surface area contributed by atoms with Crippen LogP contribution in [0.1, 0.15) is 12.8 Å². The summed E-state index contributed by atoms with van der Waals surface area (Å²) < 4.78 is 15.6. The number of aliphatic hydroxyl groups is 1. The Morgan fingerprint density at radius 3 is 2.71 bits per heavy atom. The van der Waals surface area contributed by atoms with Gasteiger partial charge in [0.1, 0.15) is 0 Å². The van der Waals surface area contributed by atoms with Gasteiger partial charge in [-0.15, -0.1) is 0 Å². The lowest BCUT2D eigenvalue weighted by Crippen LogP contribution is -2.37. The van der Waals surface area contributed by atoms with E-state index in [1.165, 1.54) is 0 Å². The van der Waals surface area contributed by atoms with Crippen molar-refractivity contribution in [3.63, 3.8) is 0 Å². The van der Waals surface area contributed by atoms with E-state index in [2.05, 4.69) is 21.8 Å². The first-order valence-electron chi connectivity index (χ1n) is 5.56. The maximum atomic E-state index is 12.8. The maximum Gasteiger partial charge on any atom is 0.0596 e. The predicted octanol–water partition coefficient (Wildman–Crippen LogP) is 1.90. The molecule has 1 heterocycles. The number of hydrogen-bond donors (Lipinski definition) is 1. The molecule has 17 heavy (non-hydrogen) atoms. The number of rotatable bonds is 3. The molecule has 2 atom stereocenters. The summed E-state index contributed by atoms with van der Waals surface area (Å²) in [5.41, 5.74) is 0. The Morgan fingerprint density at radius 1 is 1.47 bits per heavy atom. The predicted molar refractivity (Wildman–Crippen MR) is 74.5 cm³/mol. The molecule has 0 aliphatic carbocycles. The summed E-state index contributed by atoms with van der Waals surface area (Å²) in [7, 11) is -2.46. The summed E-state index contributed by atoms with van der Waals surface area (Å²) in [5.74, 6) is 3.88. The van der Waals surface area contributed by atoms with Gasteiger partial charge in [-0.1, -0.05) is 15.9 Å². The highest BCUT2D eigenvalue weighted by atomic mass is 79.9. The van der Waals surface area contributed by atoms with Crippen LogP contribution in [0.5, 0.6) is 0 Å². The van der Waals surface area contributed by atoms with Crippen LogP contribution in [0.25, 0.3) is 0 Å². The van der Waals surface area contributed by atoms with Gasteiger partial charge in [-0.25, -0.2) is 8.51 Å². The van der Waals surface area contributed by atoms with Crippen molar-refractivity contribution in [2.75, 3.05) is 13.2 Å². The molecule has 1 aromatic carbocycles. The van der Waals surface area contributed by atoms with Gasteiger partial charge in [0.25, 0.3) is 0 Å². The van der Waals surface area contributed by atoms with E-state index in [0.29, 0.717) is 0 Å². The zero-order valence-electron chi connectivity index (χ0n) is 9.51. The highest BCUT2D eigenvalue weighted by Gasteiger charge is 2.30. The van der Waals surface area contributed by atoms with Crippen LogP contribution in [0.15, 0.2) is 33.6 Å².